The van der Waals surface area contributed by atoms with Gasteiger partial charge >= 0.3 is 6.09 Å². The summed E-state index contributed by atoms with van der Waals surface area (Å²) in [5.74, 6) is 1.67. The van der Waals surface area contributed by atoms with Crippen LogP contribution in [0.15, 0.2) is 18.2 Å². The molecule has 0 radical (unpaired) electrons. The van der Waals surface area contributed by atoms with E-state index < -0.39 is 11.7 Å². The molecule has 0 fully saturated rings. The molecule has 3 rings (SSSR count). The van der Waals surface area contributed by atoms with Crippen LogP contribution in [0.4, 0.5) is 16.2 Å². The van der Waals surface area contributed by atoms with Crippen molar-refractivity contribution in [1.82, 2.24) is 14.8 Å². The molecule has 0 spiro atoms. The number of aromatic nitrogens is 3. The second kappa shape index (κ2) is 5.81. The van der Waals surface area contributed by atoms with Crippen LogP contribution < -0.4 is 10.2 Å². The summed E-state index contributed by atoms with van der Waals surface area (Å²) in [5, 5.41) is 7.36. The Balaban J connectivity index is 2.01. The summed E-state index contributed by atoms with van der Waals surface area (Å²) in [6.07, 6.45) is 0.321. The van der Waals surface area contributed by atoms with E-state index in [-0.39, 0.29) is 0 Å². The van der Waals surface area contributed by atoms with E-state index in [0.29, 0.717) is 5.69 Å². The number of nitrogens with zero attached hydrogens (tertiary/aromatic N) is 4. The molecule has 1 aliphatic rings. The van der Waals surface area contributed by atoms with Crippen LogP contribution in [-0.4, -0.2) is 40.1 Å². The molecule has 128 valence electrons. The second-order valence-corrected chi connectivity index (χ2v) is 6.96. The number of hydrogen-bond donors (Lipinski definition) is 1. The first-order valence-electron chi connectivity index (χ1n) is 8.02. The van der Waals surface area contributed by atoms with Gasteiger partial charge in [-0.15, -0.1) is 0 Å². The molecule has 7 nitrogen and oxygen atoms in total. The van der Waals surface area contributed by atoms with Crippen LogP contribution in [0.3, 0.4) is 0 Å². The number of aryl methyl sites for hydroxylation is 1. The second-order valence-electron chi connectivity index (χ2n) is 6.96. The van der Waals surface area contributed by atoms with Gasteiger partial charge in [-0.1, -0.05) is 6.07 Å². The Hall–Kier alpha value is -2.57. The average molecular weight is 329 g/mol. The maximum Gasteiger partial charge on any atom is 0.412 e. The summed E-state index contributed by atoms with van der Waals surface area (Å²) >= 11 is 0. The van der Waals surface area contributed by atoms with Crippen LogP contribution in [0, 0.1) is 6.92 Å². The molecule has 0 saturated carbocycles. The Kier molecular flexibility index (Phi) is 3.95. The summed E-state index contributed by atoms with van der Waals surface area (Å²) in [7, 11) is 2.00. The lowest BCUT2D eigenvalue weighted by atomic mass is 10.2. The highest BCUT2D eigenvalue weighted by molar-refractivity contribution is 5.92. The average Bonchev–Trinajstić information content (AvgIpc) is 2.77. The van der Waals surface area contributed by atoms with Gasteiger partial charge in [-0.05, 0) is 39.8 Å². The van der Waals surface area contributed by atoms with Crippen molar-refractivity contribution in [2.75, 3.05) is 23.8 Å². The number of anilines is 2. The molecular formula is C17H23N5O2. The number of para-hydroxylation sites is 1. The Morgan fingerprint density at radius 3 is 2.79 bits per heavy atom. The van der Waals surface area contributed by atoms with Crippen molar-refractivity contribution >= 4 is 17.5 Å². The molecule has 7 heteroatoms. The number of amides is 1. The fourth-order valence-corrected chi connectivity index (χ4v) is 2.81. The van der Waals surface area contributed by atoms with Gasteiger partial charge < -0.3 is 9.64 Å². The topological polar surface area (TPSA) is 72.3 Å². The zero-order chi connectivity index (χ0) is 17.5. The van der Waals surface area contributed by atoms with Crippen molar-refractivity contribution in [2.24, 2.45) is 0 Å². The van der Waals surface area contributed by atoms with E-state index >= 15 is 0 Å². The maximum absolute atomic E-state index is 12.2. The highest BCUT2D eigenvalue weighted by Crippen LogP contribution is 2.34. The molecule has 0 saturated heterocycles. The molecule has 2 aromatic rings. The van der Waals surface area contributed by atoms with E-state index in [9.17, 15) is 4.79 Å². The minimum Gasteiger partial charge on any atom is -0.444 e. The Morgan fingerprint density at radius 1 is 1.33 bits per heavy atom. The van der Waals surface area contributed by atoms with E-state index in [2.05, 4.69) is 20.3 Å². The van der Waals surface area contributed by atoms with Gasteiger partial charge in [0.05, 0.1) is 17.1 Å². The molecule has 1 aromatic heterocycles. The predicted molar refractivity (Wildman–Crippen MR) is 92.9 cm³/mol. The highest BCUT2D eigenvalue weighted by atomic mass is 16.6. The number of nitrogens with one attached hydrogen (secondary N) is 1. The van der Waals surface area contributed by atoms with Gasteiger partial charge in [0, 0.05) is 20.0 Å². The van der Waals surface area contributed by atoms with Gasteiger partial charge in [-0.2, -0.15) is 5.10 Å². The SMILES string of the molecule is Cc1nc2n(n1)-c1cccc(NC(=O)OC(C)(C)C)c1N(C)CC2. The minimum atomic E-state index is -0.544. The first-order chi connectivity index (χ1) is 11.2. The molecule has 1 N–H and O–H groups in total. The monoisotopic (exact) mass is 329 g/mol. The molecule has 0 bridgehead atoms. The summed E-state index contributed by atoms with van der Waals surface area (Å²) in [6, 6.07) is 5.74. The van der Waals surface area contributed by atoms with Crippen LogP contribution in [0.5, 0.6) is 0 Å². The first-order valence-corrected chi connectivity index (χ1v) is 8.02. The lowest BCUT2D eigenvalue weighted by Gasteiger charge is -2.24. The van der Waals surface area contributed by atoms with Gasteiger partial charge in [-0.25, -0.2) is 14.5 Å². The number of carbonyl (C=O) groups is 1. The molecule has 0 atom stereocenters. The summed E-state index contributed by atoms with van der Waals surface area (Å²) < 4.78 is 7.22. The molecule has 1 amide bonds. The predicted octanol–water partition coefficient (Wildman–Crippen LogP) is 2.92. The third kappa shape index (κ3) is 3.20. The van der Waals surface area contributed by atoms with Crippen LogP contribution >= 0.6 is 0 Å². The van der Waals surface area contributed by atoms with Crippen LogP contribution in [0.2, 0.25) is 0 Å². The quantitative estimate of drug-likeness (QED) is 0.871. The van der Waals surface area contributed by atoms with Crippen molar-refractivity contribution in [2.45, 2.75) is 39.7 Å². The lowest BCUT2D eigenvalue weighted by Crippen LogP contribution is -2.28. The number of rotatable bonds is 1. The fourth-order valence-electron chi connectivity index (χ4n) is 2.81. The fraction of sp³-hybridized carbons (Fsp3) is 0.471. The highest BCUT2D eigenvalue weighted by Gasteiger charge is 2.24. The minimum absolute atomic E-state index is 0.469. The molecule has 1 aliphatic heterocycles. The van der Waals surface area contributed by atoms with Crippen molar-refractivity contribution in [3.8, 4) is 5.69 Å². The van der Waals surface area contributed by atoms with Crippen LogP contribution in [-0.2, 0) is 11.2 Å². The molecule has 0 aliphatic carbocycles. The van der Waals surface area contributed by atoms with Crippen LogP contribution in [0.1, 0.15) is 32.4 Å². The van der Waals surface area contributed by atoms with Crippen molar-refractivity contribution in [3.63, 3.8) is 0 Å². The smallest absolute Gasteiger partial charge is 0.412 e. The summed E-state index contributed by atoms with van der Waals surface area (Å²) in [4.78, 5) is 18.8. The van der Waals surface area contributed by atoms with E-state index in [1.54, 1.807) is 0 Å². The van der Waals surface area contributed by atoms with Gasteiger partial charge in [-0.3, -0.25) is 5.32 Å². The Labute approximate surface area is 141 Å². The number of fused-ring (bicyclic) bond motifs is 3. The largest absolute Gasteiger partial charge is 0.444 e. The van der Waals surface area contributed by atoms with E-state index in [4.69, 9.17) is 4.74 Å². The zero-order valence-electron chi connectivity index (χ0n) is 14.8. The van der Waals surface area contributed by atoms with Gasteiger partial charge in [0.1, 0.15) is 17.2 Å². The number of carbonyl (C=O) groups excluding carboxylic acids is 1. The maximum atomic E-state index is 12.2. The summed E-state index contributed by atoms with van der Waals surface area (Å²) in [6.45, 7) is 8.20. The Morgan fingerprint density at radius 2 is 2.08 bits per heavy atom. The number of ether oxygens (including phenoxy) is 1. The van der Waals surface area contributed by atoms with E-state index in [0.717, 1.165) is 36.0 Å². The van der Waals surface area contributed by atoms with E-state index in [1.165, 1.54) is 0 Å². The van der Waals surface area contributed by atoms with Gasteiger partial charge in [0.25, 0.3) is 0 Å². The molecule has 1 aromatic carbocycles. The normalized spacial score (nSPS) is 13.8. The zero-order valence-corrected chi connectivity index (χ0v) is 14.8. The number of hydrogen-bond acceptors (Lipinski definition) is 5. The van der Waals surface area contributed by atoms with Gasteiger partial charge in [0.2, 0.25) is 0 Å². The number of likely N-dealkylation sites (N-methyl/N-ethyl adjacent to an activating group) is 1. The van der Waals surface area contributed by atoms with Crippen molar-refractivity contribution in [1.29, 1.82) is 0 Å². The molecule has 24 heavy (non-hydrogen) atoms. The van der Waals surface area contributed by atoms with Crippen molar-refractivity contribution < 1.29 is 9.53 Å². The Bertz CT molecular complexity index is 776. The lowest BCUT2D eigenvalue weighted by molar-refractivity contribution is 0.0636. The summed E-state index contributed by atoms with van der Waals surface area (Å²) in [5.41, 5.74) is 1.97. The van der Waals surface area contributed by atoms with E-state index in [1.807, 2.05) is 57.6 Å². The first kappa shape index (κ1) is 16.3. The standard InChI is InChI=1S/C17H23N5O2/c1-11-18-14-9-10-21(5)15-12(19-16(23)24-17(2,3)4)7-6-8-13(15)22(14)20-11/h6-8H,9-10H2,1-5H3,(H,19,23). The molecular weight excluding hydrogens is 306 g/mol. The third-order valence-corrected chi connectivity index (χ3v) is 3.71. The van der Waals surface area contributed by atoms with Gasteiger partial charge in [0.15, 0.2) is 0 Å². The molecule has 2 heterocycles. The number of benzene rings is 1. The van der Waals surface area contributed by atoms with Crippen molar-refractivity contribution in [3.05, 3.63) is 29.8 Å². The molecule has 0 unspecified atom stereocenters. The third-order valence-electron chi connectivity index (χ3n) is 3.71. The van der Waals surface area contributed by atoms with Crippen LogP contribution in [0.25, 0.3) is 5.69 Å².